The van der Waals surface area contributed by atoms with Gasteiger partial charge in [0.1, 0.15) is 11.5 Å². The van der Waals surface area contributed by atoms with Gasteiger partial charge in [0.2, 0.25) is 0 Å². The van der Waals surface area contributed by atoms with Crippen LogP contribution in [0.4, 0.5) is 0 Å². The van der Waals surface area contributed by atoms with E-state index in [1.54, 1.807) is 0 Å². The molecule has 0 unspecified atom stereocenters. The Hall–Kier alpha value is -2.31. The highest BCUT2D eigenvalue weighted by molar-refractivity contribution is 6.89. The number of aryl methyl sites for hydroxylation is 6. The molecular formula is C39H62O2Si2. The van der Waals surface area contributed by atoms with Crippen molar-refractivity contribution in [2.24, 2.45) is 0 Å². The summed E-state index contributed by atoms with van der Waals surface area (Å²) in [5, 5.41) is 22.3. The van der Waals surface area contributed by atoms with Crippen molar-refractivity contribution >= 4 is 21.3 Å². The Balaban J connectivity index is 0.000000309. The van der Waals surface area contributed by atoms with Gasteiger partial charge in [0, 0.05) is 8.07 Å². The third-order valence-corrected chi connectivity index (χ3v) is 13.6. The monoisotopic (exact) mass is 618 g/mol. The summed E-state index contributed by atoms with van der Waals surface area (Å²) >= 11 is 0. The highest BCUT2D eigenvalue weighted by Crippen LogP contribution is 2.30. The third-order valence-electron chi connectivity index (χ3n) is 8.49. The van der Waals surface area contributed by atoms with Crippen molar-refractivity contribution in [3.63, 3.8) is 0 Å². The summed E-state index contributed by atoms with van der Waals surface area (Å²) in [5.41, 5.74) is 7.40. The summed E-state index contributed by atoms with van der Waals surface area (Å²) in [7, 11) is -2.40. The maximum Gasteiger partial charge on any atom is 0.121 e. The Morgan fingerprint density at radius 3 is 1.16 bits per heavy atom. The normalized spacial score (nSPS) is 11.7. The van der Waals surface area contributed by atoms with E-state index in [-0.39, 0.29) is 0 Å². The van der Waals surface area contributed by atoms with E-state index in [1.165, 1.54) is 34.8 Å². The molecule has 0 saturated heterocycles. The van der Waals surface area contributed by atoms with Gasteiger partial charge in [-0.3, -0.25) is 0 Å². The molecule has 3 aromatic carbocycles. The minimum atomic E-state index is -1.41. The molecule has 43 heavy (non-hydrogen) atoms. The lowest BCUT2D eigenvalue weighted by atomic mass is 9.97. The average molecular weight is 619 g/mol. The Bertz CT molecular complexity index is 1190. The largest absolute Gasteiger partial charge is 0.507 e. The van der Waals surface area contributed by atoms with Gasteiger partial charge in [-0.1, -0.05) is 152 Å². The van der Waals surface area contributed by atoms with E-state index in [1.807, 2.05) is 0 Å². The van der Waals surface area contributed by atoms with Crippen LogP contribution >= 0.6 is 0 Å². The first-order chi connectivity index (χ1) is 20.3. The van der Waals surface area contributed by atoms with Crippen LogP contribution in [0.5, 0.6) is 11.5 Å². The van der Waals surface area contributed by atoms with Crippen molar-refractivity contribution in [3.8, 4) is 11.5 Å². The number of hydrogen-bond donors (Lipinski definition) is 2. The molecule has 238 valence electrons. The third kappa shape index (κ3) is 12.3. The highest BCUT2D eigenvalue weighted by Gasteiger charge is 2.23. The first kappa shape index (κ1) is 36.9. The van der Waals surface area contributed by atoms with Crippen molar-refractivity contribution < 1.29 is 10.2 Å². The Morgan fingerprint density at radius 1 is 0.488 bits per heavy atom. The Kier molecular flexibility index (Phi) is 15.3. The second kappa shape index (κ2) is 17.9. The molecule has 0 aliphatic carbocycles. The fourth-order valence-electron chi connectivity index (χ4n) is 5.80. The Labute approximate surface area is 267 Å². The zero-order valence-electron chi connectivity index (χ0n) is 29.1. The lowest BCUT2D eigenvalue weighted by Crippen LogP contribution is -2.41. The van der Waals surface area contributed by atoms with Crippen LogP contribution < -0.4 is 5.19 Å². The van der Waals surface area contributed by atoms with Crippen LogP contribution in [-0.4, -0.2) is 26.4 Å². The topological polar surface area (TPSA) is 40.5 Å². The van der Waals surface area contributed by atoms with Crippen LogP contribution in [0.25, 0.3) is 0 Å². The predicted molar refractivity (Wildman–Crippen MR) is 196 cm³/mol. The minimum absolute atomic E-state index is 0.544. The lowest BCUT2D eigenvalue weighted by molar-refractivity contribution is 0.459. The summed E-state index contributed by atoms with van der Waals surface area (Å²) in [6, 6.07) is 22.5. The first-order valence-electron chi connectivity index (χ1n) is 17.1. The molecule has 0 radical (unpaired) electrons. The second-order valence-corrected chi connectivity index (χ2v) is 24.8. The van der Waals surface area contributed by atoms with E-state index < -0.39 is 16.1 Å². The quantitative estimate of drug-likeness (QED) is 0.166. The van der Waals surface area contributed by atoms with Crippen molar-refractivity contribution in [1.82, 2.24) is 0 Å². The maximum absolute atomic E-state index is 10.5. The number of benzene rings is 3. The highest BCUT2D eigenvalue weighted by atomic mass is 28.3. The van der Waals surface area contributed by atoms with Gasteiger partial charge in [-0.15, -0.1) is 0 Å². The van der Waals surface area contributed by atoms with E-state index >= 15 is 0 Å². The molecule has 0 saturated carbocycles. The van der Waals surface area contributed by atoms with Gasteiger partial charge < -0.3 is 10.2 Å². The lowest BCUT2D eigenvalue weighted by Gasteiger charge is -2.23. The van der Waals surface area contributed by atoms with Gasteiger partial charge in [-0.2, -0.15) is 0 Å². The molecule has 0 heterocycles. The number of hydrogen-bond acceptors (Lipinski definition) is 2. The van der Waals surface area contributed by atoms with E-state index in [9.17, 15) is 10.2 Å². The molecule has 3 rings (SSSR count). The molecule has 0 fully saturated rings. The van der Waals surface area contributed by atoms with Crippen molar-refractivity contribution in [3.05, 3.63) is 88.0 Å². The number of phenolic OH excluding ortho intramolecular Hbond substituents is 2. The van der Waals surface area contributed by atoms with Gasteiger partial charge in [-0.05, 0) is 77.9 Å². The fourth-order valence-corrected chi connectivity index (χ4v) is 9.14. The molecule has 0 aliphatic rings. The van der Waals surface area contributed by atoms with Crippen LogP contribution in [-0.2, 0) is 38.5 Å². The van der Waals surface area contributed by atoms with Crippen LogP contribution in [0.1, 0.15) is 86.8 Å². The second-order valence-electron chi connectivity index (χ2n) is 14.3. The molecule has 0 amide bonds. The molecule has 3 aromatic rings. The molecule has 2 N–H and O–H groups in total. The van der Waals surface area contributed by atoms with Gasteiger partial charge in [0.25, 0.3) is 0 Å². The van der Waals surface area contributed by atoms with Crippen molar-refractivity contribution in [2.45, 2.75) is 137 Å². The van der Waals surface area contributed by atoms with Crippen molar-refractivity contribution in [1.29, 1.82) is 0 Å². The van der Waals surface area contributed by atoms with Gasteiger partial charge in [0.15, 0.2) is 0 Å². The van der Waals surface area contributed by atoms with Gasteiger partial charge >= 0.3 is 0 Å². The summed E-state index contributed by atoms with van der Waals surface area (Å²) in [6.07, 6.45) is 10.5. The summed E-state index contributed by atoms with van der Waals surface area (Å²) in [5.74, 6) is 1.10. The molecule has 0 aliphatic heterocycles. The first-order valence-corrected chi connectivity index (χ1v) is 24.0. The van der Waals surface area contributed by atoms with Crippen LogP contribution in [0.3, 0.4) is 0 Å². The zero-order chi connectivity index (χ0) is 32.0. The van der Waals surface area contributed by atoms with Crippen LogP contribution in [0.2, 0.25) is 44.8 Å². The summed E-state index contributed by atoms with van der Waals surface area (Å²) in [4.78, 5) is 0. The van der Waals surface area contributed by atoms with Gasteiger partial charge in [-0.25, -0.2) is 0 Å². The molecule has 0 bridgehead atoms. The Morgan fingerprint density at radius 2 is 0.837 bits per heavy atom. The minimum Gasteiger partial charge on any atom is -0.507 e. The molecule has 4 heteroatoms. The van der Waals surface area contributed by atoms with E-state index in [0.29, 0.717) is 11.5 Å². The van der Waals surface area contributed by atoms with E-state index in [0.717, 1.165) is 80.0 Å². The number of rotatable bonds is 15. The van der Waals surface area contributed by atoms with Crippen molar-refractivity contribution in [2.75, 3.05) is 0 Å². The summed E-state index contributed by atoms with van der Waals surface area (Å²) < 4.78 is 0. The maximum atomic E-state index is 10.5. The number of phenols is 2. The standard InChI is InChI=1S/C22H32OSi.C17H30OSi/c1-5-10-19-16-18(17-20(11-6-2)22(19)23)14-15-24(3,4)21-12-8-7-9-13-21;1-6-8-15-12-14(10-11-19(3,4)5)13-16(9-7-2)17(15)18/h7-9,12-13,16-17,23H,5-6,10-11,14-15H2,1-4H3;12-13,18H,6-11H2,1-5H3. The average Bonchev–Trinajstić information content (AvgIpc) is 2.96. The SMILES string of the molecule is CCCc1cc(CC[Si](C)(C)C)cc(CCC)c1O.CCCc1cc(CC[Si](C)(C)c2ccccc2)cc(CCC)c1O. The van der Waals surface area contributed by atoms with Crippen LogP contribution in [0.15, 0.2) is 54.6 Å². The zero-order valence-corrected chi connectivity index (χ0v) is 31.1. The smallest absolute Gasteiger partial charge is 0.121 e. The van der Waals surface area contributed by atoms with E-state index in [2.05, 4.69) is 115 Å². The molecule has 0 atom stereocenters. The molecule has 0 aromatic heterocycles. The fraction of sp³-hybridized carbons (Fsp3) is 0.538. The predicted octanol–water partition coefficient (Wildman–Crippen LogP) is 10.6. The molecular weight excluding hydrogens is 557 g/mol. The summed E-state index contributed by atoms with van der Waals surface area (Å²) in [6.45, 7) is 20.9. The van der Waals surface area contributed by atoms with Crippen LogP contribution in [0, 0.1) is 0 Å². The molecule has 0 spiro atoms. The molecule has 2 nitrogen and oxygen atoms in total. The van der Waals surface area contributed by atoms with Gasteiger partial charge in [0.05, 0.1) is 8.07 Å². The number of aromatic hydroxyl groups is 2. The van der Waals surface area contributed by atoms with E-state index in [4.69, 9.17) is 0 Å².